The van der Waals surface area contributed by atoms with Gasteiger partial charge >= 0.3 is 5.97 Å². The van der Waals surface area contributed by atoms with Gasteiger partial charge in [0.1, 0.15) is 6.17 Å². The topological polar surface area (TPSA) is 56.7 Å². The predicted octanol–water partition coefficient (Wildman–Crippen LogP) is 10.9. The largest absolute Gasteiger partial charge is 0.478 e. The number of aryl methyl sites for hydroxylation is 1. The van der Waals surface area contributed by atoms with Gasteiger partial charge in [-0.1, -0.05) is 111 Å². The highest BCUT2D eigenvalue weighted by atomic mass is 19.1. The van der Waals surface area contributed by atoms with Crippen LogP contribution in [0.3, 0.4) is 0 Å². The minimum Gasteiger partial charge on any atom is -0.478 e. The van der Waals surface area contributed by atoms with Crippen molar-refractivity contribution < 1.29 is 14.3 Å². The Kier molecular flexibility index (Phi) is 9.07. The maximum atomic E-state index is 16.7. The standard InChI is InChI=1S/C37H37FN2.C10H7NO2/c1-25-9-4-7-14-34(25)40-21-19-39(20-22-40)28-12-8-11-27(23-28)35-36(38)32-18-17-30-29-13-6-5-10-26(29)15-16-31(30)33(32)24-37(35,2)3;12-10(13)8-5-1-3-7-4-2-6-11-9(7)8/h4-18,23,35-36H,19-22,24H2,1-3H3;1-6H,(H,12,13). The highest BCUT2D eigenvalue weighted by molar-refractivity contribution is 6.09. The van der Waals surface area contributed by atoms with Gasteiger partial charge in [0.25, 0.3) is 0 Å². The van der Waals surface area contributed by atoms with Gasteiger partial charge in [-0.05, 0) is 92.9 Å². The van der Waals surface area contributed by atoms with Crippen molar-refractivity contribution in [2.75, 3.05) is 36.0 Å². The van der Waals surface area contributed by atoms with E-state index in [1.807, 2.05) is 12.1 Å². The predicted molar refractivity (Wildman–Crippen MR) is 216 cm³/mol. The Morgan fingerprint density at radius 2 is 1.43 bits per heavy atom. The number of hydrogen-bond acceptors (Lipinski definition) is 4. The lowest BCUT2D eigenvalue weighted by molar-refractivity contribution is 0.0698. The van der Waals surface area contributed by atoms with Gasteiger partial charge < -0.3 is 14.9 Å². The van der Waals surface area contributed by atoms with Crippen LogP contribution in [0.5, 0.6) is 0 Å². The van der Waals surface area contributed by atoms with E-state index in [0.717, 1.165) is 49.1 Å². The summed E-state index contributed by atoms with van der Waals surface area (Å²) in [6, 6.07) is 43.2. The fourth-order valence-corrected chi connectivity index (χ4v) is 8.70. The molecule has 1 aromatic heterocycles. The fraction of sp³-hybridized carbons (Fsp3) is 0.234. The summed E-state index contributed by atoms with van der Waals surface area (Å²) < 4.78 is 16.7. The summed E-state index contributed by atoms with van der Waals surface area (Å²) in [4.78, 5) is 19.8. The van der Waals surface area contributed by atoms with Crippen LogP contribution in [0, 0.1) is 12.3 Å². The molecule has 2 aliphatic rings. The van der Waals surface area contributed by atoms with Crippen molar-refractivity contribution in [3.05, 3.63) is 161 Å². The summed E-state index contributed by atoms with van der Waals surface area (Å²) >= 11 is 0. The number of aromatic nitrogens is 1. The van der Waals surface area contributed by atoms with Gasteiger partial charge in [0, 0.05) is 55.1 Å². The van der Waals surface area contributed by atoms with Crippen LogP contribution in [0.1, 0.15) is 58.5 Å². The van der Waals surface area contributed by atoms with E-state index < -0.39 is 12.1 Å². The van der Waals surface area contributed by atoms with E-state index in [1.165, 1.54) is 44.0 Å². The molecule has 1 saturated heterocycles. The van der Waals surface area contributed by atoms with E-state index in [-0.39, 0.29) is 16.9 Å². The Balaban J connectivity index is 0.000000259. The van der Waals surface area contributed by atoms with E-state index in [9.17, 15) is 4.79 Å². The maximum Gasteiger partial charge on any atom is 0.337 e. The van der Waals surface area contributed by atoms with Gasteiger partial charge in [0.15, 0.2) is 0 Å². The molecular weight excluding hydrogens is 658 g/mol. The molecule has 1 N–H and O–H groups in total. The van der Waals surface area contributed by atoms with Gasteiger partial charge in [-0.3, -0.25) is 4.98 Å². The minimum absolute atomic E-state index is 0.189. The van der Waals surface area contributed by atoms with Gasteiger partial charge in [0.05, 0.1) is 11.1 Å². The van der Waals surface area contributed by atoms with Crippen molar-refractivity contribution in [2.45, 2.75) is 39.3 Å². The molecule has 5 nitrogen and oxygen atoms in total. The summed E-state index contributed by atoms with van der Waals surface area (Å²) in [7, 11) is 0. The molecule has 0 amide bonds. The molecule has 2 unspecified atom stereocenters. The van der Waals surface area contributed by atoms with E-state index >= 15 is 4.39 Å². The fourth-order valence-electron chi connectivity index (χ4n) is 8.70. The number of aromatic carboxylic acids is 1. The van der Waals surface area contributed by atoms with E-state index in [2.05, 4.69) is 133 Å². The quantitative estimate of drug-likeness (QED) is 0.185. The highest BCUT2D eigenvalue weighted by Crippen LogP contribution is 2.54. The summed E-state index contributed by atoms with van der Waals surface area (Å²) in [6.07, 6.45) is 1.42. The first-order valence-electron chi connectivity index (χ1n) is 18.5. The number of piperazine rings is 1. The summed E-state index contributed by atoms with van der Waals surface area (Å²) in [5.41, 5.74) is 7.60. The lowest BCUT2D eigenvalue weighted by atomic mass is 9.62. The second-order valence-electron chi connectivity index (χ2n) is 15.1. The molecule has 6 heteroatoms. The number of benzene rings is 6. The lowest BCUT2D eigenvalue weighted by Gasteiger charge is -2.43. The zero-order valence-corrected chi connectivity index (χ0v) is 30.5. The molecule has 7 aromatic rings. The van der Waals surface area contributed by atoms with Crippen LogP contribution in [0.15, 0.2) is 134 Å². The van der Waals surface area contributed by atoms with E-state index in [0.29, 0.717) is 5.52 Å². The molecular formula is C47H44FN3O2. The zero-order chi connectivity index (χ0) is 36.7. The van der Waals surface area contributed by atoms with Crippen LogP contribution in [0.4, 0.5) is 15.8 Å². The molecule has 9 rings (SSSR count). The first-order chi connectivity index (χ1) is 25.7. The van der Waals surface area contributed by atoms with Crippen molar-refractivity contribution in [2.24, 2.45) is 5.41 Å². The first-order valence-corrected chi connectivity index (χ1v) is 18.5. The van der Waals surface area contributed by atoms with Crippen molar-refractivity contribution in [1.82, 2.24) is 4.98 Å². The lowest BCUT2D eigenvalue weighted by Crippen LogP contribution is -2.46. The molecule has 0 saturated carbocycles. The van der Waals surface area contributed by atoms with E-state index in [1.54, 1.807) is 24.4 Å². The highest BCUT2D eigenvalue weighted by Gasteiger charge is 2.44. The van der Waals surface area contributed by atoms with Crippen LogP contribution in [0.25, 0.3) is 32.4 Å². The van der Waals surface area contributed by atoms with Crippen molar-refractivity contribution >= 4 is 49.8 Å². The summed E-state index contributed by atoms with van der Waals surface area (Å²) in [5, 5.41) is 14.6. The molecule has 0 spiro atoms. The number of carbonyl (C=O) groups is 1. The number of carboxylic acids is 1. The van der Waals surface area contributed by atoms with Crippen LogP contribution >= 0.6 is 0 Å². The Bertz CT molecular complexity index is 2460. The number of para-hydroxylation sites is 2. The number of rotatable bonds is 4. The number of fused-ring (bicyclic) bond motifs is 6. The molecule has 1 aliphatic carbocycles. The average molecular weight is 702 g/mol. The molecule has 53 heavy (non-hydrogen) atoms. The van der Waals surface area contributed by atoms with E-state index in [4.69, 9.17) is 5.11 Å². The number of alkyl halides is 1. The molecule has 2 atom stereocenters. The Morgan fingerprint density at radius 3 is 2.25 bits per heavy atom. The first kappa shape index (κ1) is 34.3. The second kappa shape index (κ2) is 14.0. The minimum atomic E-state index is -1.04. The van der Waals surface area contributed by atoms with Gasteiger partial charge in [-0.2, -0.15) is 0 Å². The van der Waals surface area contributed by atoms with Crippen molar-refractivity contribution in [1.29, 1.82) is 0 Å². The molecule has 1 aliphatic heterocycles. The molecule has 2 heterocycles. The summed E-state index contributed by atoms with van der Waals surface area (Å²) in [6.45, 7) is 10.6. The van der Waals surface area contributed by atoms with Gasteiger partial charge in [0.2, 0.25) is 0 Å². The van der Waals surface area contributed by atoms with Gasteiger partial charge in [-0.25, -0.2) is 9.18 Å². The third kappa shape index (κ3) is 6.48. The van der Waals surface area contributed by atoms with Crippen molar-refractivity contribution in [3.8, 4) is 0 Å². The SMILES string of the molecule is Cc1ccccc1N1CCN(c2cccc(C3C(F)c4ccc5c(ccc6ccccc65)c4CC3(C)C)c2)CC1.O=C(O)c1cccc2cccnc12. The smallest absolute Gasteiger partial charge is 0.337 e. The molecule has 6 aromatic carbocycles. The normalized spacial score (nSPS) is 18.0. The third-order valence-electron chi connectivity index (χ3n) is 11.3. The molecule has 266 valence electrons. The van der Waals surface area contributed by atoms with Crippen LogP contribution in [-0.2, 0) is 6.42 Å². The second-order valence-corrected chi connectivity index (χ2v) is 15.1. The number of anilines is 2. The monoisotopic (exact) mass is 701 g/mol. The number of nitrogens with zero attached hydrogens (tertiary/aromatic N) is 3. The number of hydrogen-bond donors (Lipinski definition) is 1. The molecule has 0 bridgehead atoms. The third-order valence-corrected chi connectivity index (χ3v) is 11.3. The van der Waals surface area contributed by atoms with Crippen LogP contribution in [0.2, 0.25) is 0 Å². The van der Waals surface area contributed by atoms with Crippen molar-refractivity contribution in [3.63, 3.8) is 0 Å². The maximum absolute atomic E-state index is 16.7. The number of pyridine rings is 1. The number of carboxylic acid groups (broad SMARTS) is 1. The molecule has 0 radical (unpaired) electrons. The number of halogens is 1. The zero-order valence-electron chi connectivity index (χ0n) is 30.5. The Morgan fingerprint density at radius 1 is 0.736 bits per heavy atom. The molecule has 1 fully saturated rings. The Hall–Kier alpha value is -5.75. The Labute approximate surface area is 310 Å². The summed E-state index contributed by atoms with van der Waals surface area (Å²) in [5.74, 6) is -1.13. The van der Waals surface area contributed by atoms with Crippen LogP contribution in [-0.4, -0.2) is 42.2 Å². The van der Waals surface area contributed by atoms with Crippen LogP contribution < -0.4 is 9.80 Å². The van der Waals surface area contributed by atoms with Gasteiger partial charge in [-0.15, -0.1) is 0 Å². The average Bonchev–Trinajstić information content (AvgIpc) is 3.18.